The van der Waals surface area contributed by atoms with E-state index < -0.39 is 0 Å². The number of hydrogen-bond acceptors (Lipinski definition) is 3. The van der Waals surface area contributed by atoms with Crippen molar-refractivity contribution in [2.45, 2.75) is 12.5 Å². The molecule has 3 nitrogen and oxygen atoms in total. The summed E-state index contributed by atoms with van der Waals surface area (Å²) >= 11 is 3.41. The molecule has 1 atom stereocenters. The van der Waals surface area contributed by atoms with Crippen LogP contribution in [0.3, 0.4) is 0 Å². The van der Waals surface area contributed by atoms with Crippen molar-refractivity contribution in [2.75, 3.05) is 20.8 Å². The molecule has 0 amide bonds. The van der Waals surface area contributed by atoms with Gasteiger partial charge < -0.3 is 15.2 Å². The second-order valence-corrected chi connectivity index (χ2v) is 4.12. The Kier molecular flexibility index (Phi) is 5.08. The first kappa shape index (κ1) is 12.5. The molecule has 0 saturated carbocycles. The molecule has 1 rings (SSSR count). The number of ether oxygens (including phenoxy) is 2. The summed E-state index contributed by atoms with van der Waals surface area (Å²) in [4.78, 5) is 0. The minimum Gasteiger partial charge on any atom is -0.496 e. The highest BCUT2D eigenvalue weighted by Gasteiger charge is 2.08. The highest BCUT2D eigenvalue weighted by Crippen LogP contribution is 2.26. The maximum Gasteiger partial charge on any atom is 0.133 e. The van der Waals surface area contributed by atoms with Gasteiger partial charge in [-0.1, -0.05) is 6.07 Å². The molecule has 0 aromatic heterocycles. The van der Waals surface area contributed by atoms with Crippen molar-refractivity contribution >= 4 is 15.9 Å². The molecule has 0 aliphatic carbocycles. The summed E-state index contributed by atoms with van der Waals surface area (Å²) in [5.74, 6) is 0.833. The van der Waals surface area contributed by atoms with Crippen molar-refractivity contribution in [3.63, 3.8) is 0 Å². The molecule has 1 unspecified atom stereocenters. The lowest BCUT2D eigenvalue weighted by molar-refractivity contribution is 0.110. The van der Waals surface area contributed by atoms with Gasteiger partial charge in [-0.05, 0) is 40.0 Å². The third-order valence-corrected chi connectivity index (χ3v) is 2.93. The van der Waals surface area contributed by atoms with Crippen molar-refractivity contribution in [1.29, 1.82) is 0 Å². The highest BCUT2D eigenvalue weighted by molar-refractivity contribution is 9.10. The Morgan fingerprint density at radius 2 is 2.13 bits per heavy atom. The average Bonchev–Trinajstić information content (AvgIpc) is 2.28. The number of hydrogen-bond donors (Lipinski definition) is 1. The Balaban J connectivity index is 2.77. The van der Waals surface area contributed by atoms with Gasteiger partial charge in [-0.3, -0.25) is 0 Å². The fraction of sp³-hybridized carbons (Fsp3) is 0.455. The van der Waals surface area contributed by atoms with Crippen LogP contribution in [0.4, 0.5) is 0 Å². The third kappa shape index (κ3) is 3.48. The predicted octanol–water partition coefficient (Wildman–Crippen LogP) is 1.97. The number of nitrogens with two attached hydrogens (primary N) is 1. The van der Waals surface area contributed by atoms with Crippen molar-refractivity contribution in [3.05, 3.63) is 28.2 Å². The fourth-order valence-electron chi connectivity index (χ4n) is 1.36. The van der Waals surface area contributed by atoms with Gasteiger partial charge in [0.15, 0.2) is 0 Å². The van der Waals surface area contributed by atoms with Gasteiger partial charge in [0.2, 0.25) is 0 Å². The predicted molar refractivity (Wildman–Crippen MR) is 64.2 cm³/mol. The van der Waals surface area contributed by atoms with E-state index in [1.807, 2.05) is 18.2 Å². The molecule has 0 bridgehead atoms. The van der Waals surface area contributed by atoms with Crippen LogP contribution in [0.2, 0.25) is 0 Å². The van der Waals surface area contributed by atoms with Gasteiger partial charge in [-0.25, -0.2) is 0 Å². The lowest BCUT2D eigenvalue weighted by atomic mass is 10.1. The minimum atomic E-state index is 0.0656. The molecule has 0 saturated heterocycles. The van der Waals surface area contributed by atoms with Crippen LogP contribution in [0.1, 0.15) is 5.56 Å². The van der Waals surface area contributed by atoms with Crippen molar-refractivity contribution in [1.82, 2.24) is 0 Å². The summed E-state index contributed by atoms with van der Waals surface area (Å²) in [6.07, 6.45) is 0.868. The van der Waals surface area contributed by atoms with Gasteiger partial charge in [0, 0.05) is 13.7 Å². The van der Waals surface area contributed by atoms with E-state index in [9.17, 15) is 0 Å². The first-order valence-corrected chi connectivity index (χ1v) is 5.55. The Hall–Kier alpha value is -0.580. The normalized spacial score (nSPS) is 12.5. The Morgan fingerprint density at radius 1 is 1.40 bits per heavy atom. The average molecular weight is 274 g/mol. The van der Waals surface area contributed by atoms with Gasteiger partial charge in [0.05, 0.1) is 17.7 Å². The van der Waals surface area contributed by atoms with Crippen molar-refractivity contribution in [3.8, 4) is 5.75 Å². The summed E-state index contributed by atoms with van der Waals surface area (Å²) in [5, 5.41) is 0. The molecule has 0 aliphatic rings. The molecule has 0 radical (unpaired) electrons. The van der Waals surface area contributed by atoms with E-state index >= 15 is 0 Å². The van der Waals surface area contributed by atoms with Gasteiger partial charge in [0.1, 0.15) is 5.75 Å². The van der Waals surface area contributed by atoms with Crippen LogP contribution < -0.4 is 10.5 Å². The van der Waals surface area contributed by atoms with E-state index in [1.54, 1.807) is 14.2 Å². The third-order valence-electron chi connectivity index (χ3n) is 2.28. The molecular formula is C11H16BrNO2. The fourth-order valence-corrected chi connectivity index (χ4v) is 1.77. The summed E-state index contributed by atoms with van der Waals surface area (Å²) in [7, 11) is 3.33. The van der Waals surface area contributed by atoms with Gasteiger partial charge in [0.25, 0.3) is 0 Å². The molecule has 4 heteroatoms. The minimum absolute atomic E-state index is 0.0656. The zero-order valence-electron chi connectivity index (χ0n) is 9.00. The lowest BCUT2D eigenvalue weighted by Crippen LogP contribution is -2.24. The van der Waals surface area contributed by atoms with Crippen LogP contribution in [0.25, 0.3) is 0 Å². The summed E-state index contributed by atoms with van der Waals surface area (Å²) in [6, 6.07) is 6.00. The quantitative estimate of drug-likeness (QED) is 0.892. The molecule has 2 N–H and O–H groups in total. The monoisotopic (exact) mass is 273 g/mol. The molecule has 1 aromatic carbocycles. The first-order valence-electron chi connectivity index (χ1n) is 4.76. The van der Waals surface area contributed by atoms with Gasteiger partial charge >= 0.3 is 0 Å². The zero-order valence-corrected chi connectivity index (χ0v) is 10.6. The van der Waals surface area contributed by atoms with Crippen LogP contribution in [0, 0.1) is 0 Å². The number of methoxy groups -OCH3 is 2. The van der Waals surface area contributed by atoms with Crippen LogP contribution >= 0.6 is 15.9 Å². The van der Waals surface area contributed by atoms with Crippen LogP contribution in [-0.2, 0) is 11.2 Å². The topological polar surface area (TPSA) is 44.5 Å². The van der Waals surface area contributed by atoms with E-state index in [2.05, 4.69) is 15.9 Å². The first-order chi connectivity index (χ1) is 7.21. The second kappa shape index (κ2) is 6.10. The van der Waals surface area contributed by atoms with Crippen molar-refractivity contribution in [2.24, 2.45) is 5.73 Å². The van der Waals surface area contributed by atoms with E-state index in [0.29, 0.717) is 6.54 Å². The van der Waals surface area contributed by atoms with E-state index in [1.165, 1.54) is 0 Å². The molecule has 0 aliphatic heterocycles. The van der Waals surface area contributed by atoms with Crippen LogP contribution in [0.15, 0.2) is 22.7 Å². The largest absolute Gasteiger partial charge is 0.496 e. The molecule has 0 spiro atoms. The number of benzene rings is 1. The van der Waals surface area contributed by atoms with Crippen LogP contribution in [-0.4, -0.2) is 26.9 Å². The molecule has 0 heterocycles. The van der Waals surface area contributed by atoms with Crippen molar-refractivity contribution < 1.29 is 9.47 Å². The maximum absolute atomic E-state index is 5.57. The summed E-state index contributed by atoms with van der Waals surface area (Å²) in [5.41, 5.74) is 6.73. The molecular weight excluding hydrogens is 258 g/mol. The molecule has 15 heavy (non-hydrogen) atoms. The molecule has 0 fully saturated rings. The number of halogens is 1. The maximum atomic E-state index is 5.57. The van der Waals surface area contributed by atoms with E-state index in [4.69, 9.17) is 15.2 Å². The highest BCUT2D eigenvalue weighted by atomic mass is 79.9. The summed E-state index contributed by atoms with van der Waals surface area (Å²) < 4.78 is 11.4. The zero-order chi connectivity index (χ0) is 11.3. The van der Waals surface area contributed by atoms with E-state index in [-0.39, 0.29) is 6.10 Å². The van der Waals surface area contributed by atoms with Gasteiger partial charge in [-0.2, -0.15) is 0 Å². The Morgan fingerprint density at radius 3 is 2.67 bits per heavy atom. The van der Waals surface area contributed by atoms with Crippen LogP contribution in [0.5, 0.6) is 5.75 Å². The Labute approximate surface area is 98.7 Å². The standard InChI is InChI=1S/C11H16BrNO2/c1-14-9(7-13)5-8-3-4-10(12)11(6-8)15-2/h3-4,6,9H,5,7,13H2,1-2H3. The lowest BCUT2D eigenvalue weighted by Gasteiger charge is -2.13. The number of rotatable bonds is 5. The SMILES string of the molecule is COc1cc(CC(CN)OC)ccc1Br. The smallest absolute Gasteiger partial charge is 0.133 e. The summed E-state index contributed by atoms with van der Waals surface area (Å²) in [6.45, 7) is 0.523. The second-order valence-electron chi connectivity index (χ2n) is 3.27. The molecule has 1 aromatic rings. The Bertz CT molecular complexity index is 313. The van der Waals surface area contributed by atoms with E-state index in [0.717, 1.165) is 22.2 Å². The van der Waals surface area contributed by atoms with Gasteiger partial charge in [-0.15, -0.1) is 0 Å². The molecule has 84 valence electrons.